The van der Waals surface area contributed by atoms with Crippen molar-refractivity contribution in [3.63, 3.8) is 0 Å². The van der Waals surface area contributed by atoms with Crippen LogP contribution in [0.2, 0.25) is 0 Å². The average molecular weight is 320 g/mol. The molecule has 128 valence electrons. The fourth-order valence-corrected chi connectivity index (χ4v) is 2.41. The van der Waals surface area contributed by atoms with Gasteiger partial charge in [-0.1, -0.05) is 38.1 Å². The van der Waals surface area contributed by atoms with Crippen molar-refractivity contribution in [2.45, 2.75) is 39.2 Å². The number of nitrogens with one attached hydrogen (secondary N) is 1. The number of rotatable bonds is 8. The van der Waals surface area contributed by atoms with Gasteiger partial charge in [0, 0.05) is 6.54 Å². The number of amides is 1. The first-order valence-corrected chi connectivity index (χ1v) is 7.98. The van der Waals surface area contributed by atoms with Gasteiger partial charge in [-0.05, 0) is 44.5 Å². The minimum absolute atomic E-state index is 0.0942. The Morgan fingerprint density at radius 1 is 1.13 bits per heavy atom. The number of carboxylic acid groups (broad SMARTS) is 1. The third-order valence-electron chi connectivity index (χ3n) is 3.90. The summed E-state index contributed by atoms with van der Waals surface area (Å²) in [5, 5.41) is 11.9. The molecule has 2 unspecified atom stereocenters. The van der Waals surface area contributed by atoms with Crippen LogP contribution in [0.1, 0.15) is 37.8 Å². The fourth-order valence-electron chi connectivity index (χ4n) is 2.41. The van der Waals surface area contributed by atoms with Crippen LogP contribution >= 0.6 is 0 Å². The Balaban J connectivity index is 2.64. The van der Waals surface area contributed by atoms with E-state index in [2.05, 4.69) is 31.3 Å². The zero-order chi connectivity index (χ0) is 17.6. The van der Waals surface area contributed by atoms with E-state index >= 15 is 0 Å². The van der Waals surface area contributed by atoms with Crippen LogP contribution in [0, 0.1) is 5.92 Å². The maximum Gasteiger partial charge on any atom is 0.322 e. The van der Waals surface area contributed by atoms with Gasteiger partial charge in [0.1, 0.15) is 6.04 Å². The molecule has 0 aliphatic carbocycles. The number of carboxylic acids is 1. The van der Waals surface area contributed by atoms with Crippen molar-refractivity contribution in [1.29, 1.82) is 0 Å². The molecule has 0 radical (unpaired) electrons. The zero-order valence-electron chi connectivity index (χ0n) is 14.7. The standard InChI is InChI=1S/C18H28N2O3/c1-12(2)10-14-6-8-15(9-7-14)13(3)17(21)19-11-16(18(22)23)20(4)5/h6-9,12-13,16H,10-11H2,1-5H3,(H,19,21)(H,22,23). The summed E-state index contributed by atoms with van der Waals surface area (Å²) in [7, 11) is 3.36. The van der Waals surface area contributed by atoms with E-state index in [9.17, 15) is 9.59 Å². The summed E-state index contributed by atoms with van der Waals surface area (Å²) in [6, 6.07) is 7.34. The van der Waals surface area contributed by atoms with Crippen LogP contribution in [0.25, 0.3) is 0 Å². The van der Waals surface area contributed by atoms with Crippen LogP contribution in [0.3, 0.4) is 0 Å². The monoisotopic (exact) mass is 320 g/mol. The summed E-state index contributed by atoms with van der Waals surface area (Å²) in [5.41, 5.74) is 2.20. The van der Waals surface area contributed by atoms with E-state index in [1.165, 1.54) is 5.56 Å². The van der Waals surface area contributed by atoms with Crippen LogP contribution in [0.15, 0.2) is 24.3 Å². The molecule has 5 heteroatoms. The minimum Gasteiger partial charge on any atom is -0.480 e. The first kappa shape index (κ1) is 19.2. The summed E-state index contributed by atoms with van der Waals surface area (Å²) in [4.78, 5) is 24.9. The van der Waals surface area contributed by atoms with Crippen LogP contribution in [0.4, 0.5) is 0 Å². The Bertz CT molecular complexity index is 524. The van der Waals surface area contributed by atoms with Crippen molar-refractivity contribution in [1.82, 2.24) is 10.2 Å². The molecule has 0 fully saturated rings. The van der Waals surface area contributed by atoms with Gasteiger partial charge in [-0.3, -0.25) is 14.5 Å². The van der Waals surface area contributed by atoms with Gasteiger partial charge in [0.25, 0.3) is 0 Å². The number of benzene rings is 1. The fraction of sp³-hybridized carbons (Fsp3) is 0.556. The molecule has 0 saturated heterocycles. The Morgan fingerprint density at radius 2 is 1.70 bits per heavy atom. The molecule has 1 aromatic carbocycles. The van der Waals surface area contributed by atoms with Gasteiger partial charge in [0.2, 0.25) is 5.91 Å². The number of carbonyl (C=O) groups excluding carboxylic acids is 1. The van der Waals surface area contributed by atoms with Crippen molar-refractivity contribution < 1.29 is 14.7 Å². The van der Waals surface area contributed by atoms with E-state index in [-0.39, 0.29) is 18.4 Å². The Kier molecular flexibility index (Phi) is 7.23. The quantitative estimate of drug-likeness (QED) is 0.770. The van der Waals surface area contributed by atoms with E-state index in [1.807, 2.05) is 19.1 Å². The lowest BCUT2D eigenvalue weighted by molar-refractivity contribution is -0.142. The van der Waals surface area contributed by atoms with Gasteiger partial charge >= 0.3 is 5.97 Å². The lowest BCUT2D eigenvalue weighted by atomic mass is 9.96. The highest BCUT2D eigenvalue weighted by Gasteiger charge is 2.22. The van der Waals surface area contributed by atoms with Crippen molar-refractivity contribution >= 4 is 11.9 Å². The Hall–Kier alpha value is -1.88. The highest BCUT2D eigenvalue weighted by Crippen LogP contribution is 2.17. The molecule has 2 atom stereocenters. The van der Waals surface area contributed by atoms with Crippen molar-refractivity contribution in [3.8, 4) is 0 Å². The lowest BCUT2D eigenvalue weighted by Crippen LogP contribution is -2.46. The molecule has 0 saturated carbocycles. The van der Waals surface area contributed by atoms with Gasteiger partial charge < -0.3 is 10.4 Å². The molecule has 5 nitrogen and oxygen atoms in total. The maximum absolute atomic E-state index is 12.2. The smallest absolute Gasteiger partial charge is 0.322 e. The van der Waals surface area contributed by atoms with Crippen LogP contribution in [0.5, 0.6) is 0 Å². The van der Waals surface area contributed by atoms with E-state index in [0.717, 1.165) is 12.0 Å². The number of hydrogen-bond donors (Lipinski definition) is 2. The zero-order valence-corrected chi connectivity index (χ0v) is 14.7. The van der Waals surface area contributed by atoms with E-state index in [0.29, 0.717) is 5.92 Å². The van der Waals surface area contributed by atoms with Gasteiger partial charge in [-0.15, -0.1) is 0 Å². The van der Waals surface area contributed by atoms with Crippen molar-refractivity contribution in [3.05, 3.63) is 35.4 Å². The summed E-state index contributed by atoms with van der Waals surface area (Å²) in [5.74, 6) is -0.809. The van der Waals surface area contributed by atoms with Crippen LogP contribution in [-0.2, 0) is 16.0 Å². The lowest BCUT2D eigenvalue weighted by Gasteiger charge is -2.21. The highest BCUT2D eigenvalue weighted by atomic mass is 16.4. The van der Waals surface area contributed by atoms with Crippen molar-refractivity contribution in [2.75, 3.05) is 20.6 Å². The molecule has 1 aromatic rings. The van der Waals surface area contributed by atoms with Gasteiger partial charge in [-0.25, -0.2) is 0 Å². The number of hydrogen-bond acceptors (Lipinski definition) is 3. The normalized spacial score (nSPS) is 13.9. The first-order chi connectivity index (χ1) is 10.7. The molecule has 0 spiro atoms. The Morgan fingerprint density at radius 3 is 2.13 bits per heavy atom. The van der Waals surface area contributed by atoms with E-state index in [4.69, 9.17) is 5.11 Å². The molecule has 23 heavy (non-hydrogen) atoms. The summed E-state index contributed by atoms with van der Waals surface area (Å²) in [6.45, 7) is 6.27. The molecule has 0 aliphatic rings. The molecular formula is C18H28N2O3. The summed E-state index contributed by atoms with van der Waals surface area (Å²) >= 11 is 0. The van der Waals surface area contributed by atoms with E-state index in [1.54, 1.807) is 19.0 Å². The second-order valence-corrected chi connectivity index (χ2v) is 6.62. The minimum atomic E-state index is -0.944. The Labute approximate surface area is 138 Å². The molecular weight excluding hydrogens is 292 g/mol. The SMILES string of the molecule is CC(C)Cc1ccc(C(C)C(=O)NCC(C(=O)O)N(C)C)cc1. The molecule has 2 N–H and O–H groups in total. The molecule has 0 bridgehead atoms. The second kappa shape index (κ2) is 8.67. The number of nitrogens with zero attached hydrogens (tertiary/aromatic N) is 1. The average Bonchev–Trinajstić information content (AvgIpc) is 2.46. The second-order valence-electron chi connectivity index (χ2n) is 6.62. The molecule has 0 aromatic heterocycles. The predicted octanol–water partition coefficient (Wildman–Crippen LogP) is 2.12. The number of carbonyl (C=O) groups is 2. The first-order valence-electron chi connectivity index (χ1n) is 7.98. The molecule has 0 heterocycles. The number of likely N-dealkylation sites (N-methyl/N-ethyl adjacent to an activating group) is 1. The van der Waals surface area contributed by atoms with Crippen LogP contribution in [-0.4, -0.2) is 48.6 Å². The van der Waals surface area contributed by atoms with Gasteiger partial charge in [0.15, 0.2) is 0 Å². The summed E-state index contributed by atoms with van der Waals surface area (Å²) in [6.07, 6.45) is 1.02. The topological polar surface area (TPSA) is 69.6 Å². The molecule has 1 rings (SSSR count). The third kappa shape index (κ3) is 6.02. The van der Waals surface area contributed by atoms with Gasteiger partial charge in [0.05, 0.1) is 5.92 Å². The van der Waals surface area contributed by atoms with Gasteiger partial charge in [-0.2, -0.15) is 0 Å². The van der Waals surface area contributed by atoms with E-state index < -0.39 is 12.0 Å². The largest absolute Gasteiger partial charge is 0.480 e. The van der Waals surface area contributed by atoms with Crippen molar-refractivity contribution in [2.24, 2.45) is 5.92 Å². The highest BCUT2D eigenvalue weighted by molar-refractivity contribution is 5.84. The third-order valence-corrected chi connectivity index (χ3v) is 3.90. The predicted molar refractivity (Wildman–Crippen MR) is 91.5 cm³/mol. The maximum atomic E-state index is 12.2. The summed E-state index contributed by atoms with van der Waals surface area (Å²) < 4.78 is 0. The number of aliphatic carboxylic acids is 1. The molecule has 0 aliphatic heterocycles. The molecule has 1 amide bonds. The van der Waals surface area contributed by atoms with Crippen LogP contribution < -0.4 is 5.32 Å².